The van der Waals surface area contributed by atoms with Crippen molar-refractivity contribution in [1.29, 1.82) is 0 Å². The zero-order valence-corrected chi connectivity index (χ0v) is 13.2. The van der Waals surface area contributed by atoms with Crippen LogP contribution in [0.5, 0.6) is 6.01 Å². The van der Waals surface area contributed by atoms with Crippen LogP contribution < -0.4 is 4.74 Å². The molecule has 4 rings (SSSR count). The van der Waals surface area contributed by atoms with Crippen LogP contribution in [0.1, 0.15) is 23.3 Å². The Morgan fingerprint density at radius 3 is 2.62 bits per heavy atom. The molecule has 0 spiro atoms. The zero-order chi connectivity index (χ0) is 16.4. The lowest BCUT2D eigenvalue weighted by Crippen LogP contribution is -2.42. The van der Waals surface area contributed by atoms with Crippen molar-refractivity contribution in [1.82, 2.24) is 19.9 Å². The van der Waals surface area contributed by atoms with E-state index in [1.165, 1.54) is 0 Å². The number of piperidine rings is 1. The van der Waals surface area contributed by atoms with Gasteiger partial charge >= 0.3 is 6.01 Å². The molecule has 24 heavy (non-hydrogen) atoms. The van der Waals surface area contributed by atoms with Crippen LogP contribution in [0.3, 0.4) is 0 Å². The van der Waals surface area contributed by atoms with E-state index in [9.17, 15) is 4.79 Å². The average molecular weight is 322 g/mol. The summed E-state index contributed by atoms with van der Waals surface area (Å²) in [6.45, 7) is 1.34. The zero-order valence-electron chi connectivity index (χ0n) is 13.2. The molecule has 6 heteroatoms. The average Bonchev–Trinajstić information content (AvgIpc) is 3.07. The number of hydrogen-bond acceptors (Lipinski definition) is 4. The van der Waals surface area contributed by atoms with Gasteiger partial charge in [-0.1, -0.05) is 18.2 Å². The number of likely N-dealkylation sites (tertiary alicyclic amines) is 1. The monoisotopic (exact) mass is 322 g/mol. The maximum atomic E-state index is 12.7. The third kappa shape index (κ3) is 2.95. The van der Waals surface area contributed by atoms with Crippen molar-refractivity contribution in [2.24, 2.45) is 0 Å². The minimum absolute atomic E-state index is 0.0422. The van der Waals surface area contributed by atoms with E-state index >= 15 is 0 Å². The van der Waals surface area contributed by atoms with Crippen molar-refractivity contribution >= 4 is 16.8 Å². The lowest BCUT2D eigenvalue weighted by Gasteiger charge is -2.31. The van der Waals surface area contributed by atoms with Gasteiger partial charge < -0.3 is 14.6 Å². The molecule has 0 unspecified atom stereocenters. The first kappa shape index (κ1) is 14.7. The quantitative estimate of drug-likeness (QED) is 0.805. The lowest BCUT2D eigenvalue weighted by molar-refractivity contribution is 0.0574. The first-order valence-corrected chi connectivity index (χ1v) is 8.10. The number of carbonyl (C=O) groups excluding carboxylic acids is 1. The Labute approximate surface area is 139 Å². The van der Waals surface area contributed by atoms with Crippen molar-refractivity contribution in [3.63, 3.8) is 0 Å². The summed E-state index contributed by atoms with van der Waals surface area (Å²) in [5.41, 5.74) is 1.63. The van der Waals surface area contributed by atoms with Gasteiger partial charge in [-0.3, -0.25) is 4.79 Å². The van der Waals surface area contributed by atoms with Crippen molar-refractivity contribution in [2.75, 3.05) is 13.1 Å². The fourth-order valence-corrected chi connectivity index (χ4v) is 3.03. The van der Waals surface area contributed by atoms with Crippen LogP contribution in [-0.4, -0.2) is 45.0 Å². The molecule has 0 atom stereocenters. The summed E-state index contributed by atoms with van der Waals surface area (Å²) < 4.78 is 5.77. The Hall–Kier alpha value is -2.89. The van der Waals surface area contributed by atoms with Crippen LogP contribution in [0.15, 0.2) is 48.8 Å². The van der Waals surface area contributed by atoms with Crippen LogP contribution in [0, 0.1) is 0 Å². The Morgan fingerprint density at radius 2 is 1.88 bits per heavy atom. The molecule has 6 nitrogen and oxygen atoms in total. The summed E-state index contributed by atoms with van der Waals surface area (Å²) >= 11 is 0. The van der Waals surface area contributed by atoms with Gasteiger partial charge in [0, 0.05) is 49.2 Å². The molecule has 3 aromatic rings. The SMILES string of the molecule is O=C(c1cc2ccccc2[nH]1)N1CCC(Oc2ncccn2)CC1. The molecule has 122 valence electrons. The maximum absolute atomic E-state index is 12.7. The summed E-state index contributed by atoms with van der Waals surface area (Å²) in [4.78, 5) is 25.9. The number of nitrogens with one attached hydrogen (secondary N) is 1. The van der Waals surface area contributed by atoms with Crippen molar-refractivity contribution < 1.29 is 9.53 Å². The number of ether oxygens (including phenoxy) is 1. The van der Waals surface area contributed by atoms with Crippen LogP contribution >= 0.6 is 0 Å². The highest BCUT2D eigenvalue weighted by molar-refractivity contribution is 5.98. The minimum atomic E-state index is 0.0422. The molecular weight excluding hydrogens is 304 g/mol. The van der Waals surface area contributed by atoms with Gasteiger partial charge in [-0.15, -0.1) is 0 Å². The van der Waals surface area contributed by atoms with E-state index < -0.39 is 0 Å². The van der Waals surface area contributed by atoms with E-state index in [4.69, 9.17) is 4.74 Å². The summed E-state index contributed by atoms with van der Waals surface area (Å²) in [5, 5.41) is 1.06. The molecule has 0 saturated carbocycles. The second-order valence-corrected chi connectivity index (χ2v) is 5.91. The van der Waals surface area contributed by atoms with Crippen LogP contribution in [0.25, 0.3) is 10.9 Å². The summed E-state index contributed by atoms with van der Waals surface area (Å²) in [6.07, 6.45) is 4.95. The fourth-order valence-electron chi connectivity index (χ4n) is 3.03. The van der Waals surface area contributed by atoms with Gasteiger partial charge in [0.25, 0.3) is 5.91 Å². The number of carbonyl (C=O) groups is 1. The molecule has 1 aromatic carbocycles. The molecule has 0 bridgehead atoms. The molecule has 3 heterocycles. The number of benzene rings is 1. The number of aromatic nitrogens is 3. The number of fused-ring (bicyclic) bond motifs is 1. The Kier molecular flexibility index (Phi) is 3.86. The van der Waals surface area contributed by atoms with Gasteiger partial charge in [-0.25, -0.2) is 9.97 Å². The molecule has 1 aliphatic rings. The number of para-hydroxylation sites is 1. The third-order valence-electron chi connectivity index (χ3n) is 4.30. The van der Waals surface area contributed by atoms with E-state index in [0.717, 1.165) is 23.7 Å². The van der Waals surface area contributed by atoms with Crippen LogP contribution in [0.4, 0.5) is 0 Å². The van der Waals surface area contributed by atoms with Crippen molar-refractivity contribution in [3.05, 3.63) is 54.5 Å². The second kappa shape index (κ2) is 6.31. The molecule has 0 aliphatic carbocycles. The molecule has 0 radical (unpaired) electrons. The summed E-state index contributed by atoms with van der Waals surface area (Å²) in [6, 6.07) is 12.0. The number of hydrogen-bond donors (Lipinski definition) is 1. The van der Waals surface area contributed by atoms with E-state index in [-0.39, 0.29) is 12.0 Å². The Balaban J connectivity index is 1.39. The fraction of sp³-hybridized carbons (Fsp3) is 0.278. The highest BCUT2D eigenvalue weighted by Crippen LogP contribution is 2.20. The smallest absolute Gasteiger partial charge is 0.316 e. The van der Waals surface area contributed by atoms with Gasteiger partial charge in [-0.05, 0) is 18.2 Å². The highest BCUT2D eigenvalue weighted by atomic mass is 16.5. The minimum Gasteiger partial charge on any atom is -0.460 e. The van der Waals surface area contributed by atoms with Gasteiger partial charge in [0.2, 0.25) is 0 Å². The standard InChI is InChI=1S/C18H18N4O2/c23-17(16-12-13-4-1-2-5-15(13)21-16)22-10-6-14(7-11-22)24-18-19-8-3-9-20-18/h1-5,8-9,12,14,21H,6-7,10-11H2. The van der Waals surface area contributed by atoms with Gasteiger partial charge in [0.15, 0.2) is 0 Å². The molecule has 1 saturated heterocycles. The predicted molar refractivity (Wildman–Crippen MR) is 89.9 cm³/mol. The van der Waals surface area contributed by atoms with Crippen molar-refractivity contribution in [3.8, 4) is 6.01 Å². The molecule has 1 N–H and O–H groups in total. The third-order valence-corrected chi connectivity index (χ3v) is 4.30. The second-order valence-electron chi connectivity index (χ2n) is 5.91. The molecule has 1 fully saturated rings. The first-order valence-electron chi connectivity index (χ1n) is 8.10. The Bertz CT molecular complexity index is 805. The van der Waals surface area contributed by atoms with E-state index in [2.05, 4.69) is 15.0 Å². The maximum Gasteiger partial charge on any atom is 0.316 e. The summed E-state index contributed by atoms with van der Waals surface area (Å²) in [5.74, 6) is 0.0422. The topological polar surface area (TPSA) is 71.1 Å². The van der Waals surface area contributed by atoms with E-state index in [0.29, 0.717) is 24.8 Å². The van der Waals surface area contributed by atoms with Gasteiger partial charge in [-0.2, -0.15) is 0 Å². The number of rotatable bonds is 3. The lowest BCUT2D eigenvalue weighted by atomic mass is 10.1. The van der Waals surface area contributed by atoms with Crippen molar-refractivity contribution in [2.45, 2.75) is 18.9 Å². The molecule has 1 amide bonds. The first-order chi connectivity index (χ1) is 11.8. The molecule has 1 aliphatic heterocycles. The van der Waals surface area contributed by atoms with E-state index in [1.54, 1.807) is 18.5 Å². The van der Waals surface area contributed by atoms with Gasteiger partial charge in [0.05, 0.1) is 0 Å². The Morgan fingerprint density at radius 1 is 1.12 bits per heavy atom. The van der Waals surface area contributed by atoms with Gasteiger partial charge in [0.1, 0.15) is 11.8 Å². The highest BCUT2D eigenvalue weighted by Gasteiger charge is 2.26. The van der Waals surface area contributed by atoms with Crippen LogP contribution in [-0.2, 0) is 0 Å². The molecular formula is C18H18N4O2. The molecule has 2 aromatic heterocycles. The number of amides is 1. The summed E-state index contributed by atoms with van der Waals surface area (Å²) in [7, 11) is 0. The predicted octanol–water partition coefficient (Wildman–Crippen LogP) is 2.64. The normalized spacial score (nSPS) is 15.6. The number of nitrogens with zero attached hydrogens (tertiary/aromatic N) is 3. The van der Waals surface area contributed by atoms with Crippen LogP contribution in [0.2, 0.25) is 0 Å². The van der Waals surface area contributed by atoms with E-state index in [1.807, 2.05) is 35.2 Å². The number of H-pyrrole nitrogens is 1. The largest absolute Gasteiger partial charge is 0.460 e. The number of aromatic amines is 1.